The molecule has 0 rings (SSSR count). The number of ether oxygens (including phenoxy) is 3. The minimum absolute atomic E-state index is 0.0641. The first-order valence-corrected chi connectivity index (χ1v) is 30.6. The highest BCUT2D eigenvalue weighted by molar-refractivity contribution is 7.47. The lowest BCUT2D eigenvalue weighted by Crippen LogP contribution is -2.30. The van der Waals surface area contributed by atoms with Crippen molar-refractivity contribution in [3.05, 3.63) is 134 Å². The number of esters is 3. The van der Waals surface area contributed by atoms with Crippen molar-refractivity contribution in [2.45, 2.75) is 226 Å². The highest BCUT2D eigenvalue weighted by Crippen LogP contribution is 2.43. The summed E-state index contributed by atoms with van der Waals surface area (Å²) in [6.07, 6.45) is 71.5. The maximum atomic E-state index is 12.9. The summed E-state index contributed by atoms with van der Waals surface area (Å²) in [5.74, 6) is -1.65. The van der Waals surface area contributed by atoms with Crippen LogP contribution in [-0.2, 0) is 42.2 Å². The van der Waals surface area contributed by atoms with Gasteiger partial charge in [-0.05, 0) is 116 Å². The van der Waals surface area contributed by atoms with Crippen LogP contribution in [0, 0.1) is 0 Å². The number of phosphoric acid groups is 1. The summed E-state index contributed by atoms with van der Waals surface area (Å²) in [6, 6.07) is 0. The van der Waals surface area contributed by atoms with Crippen LogP contribution in [-0.4, -0.2) is 66.5 Å². The Kier molecular flexibility index (Phi) is 53.5. The lowest BCUT2D eigenvalue weighted by molar-refractivity contribution is -0.161. The molecule has 0 aliphatic carbocycles. The molecule has 0 saturated heterocycles. The lowest BCUT2D eigenvalue weighted by atomic mass is 10.1. The number of carbonyl (C=O) groups excluding carboxylic acids is 3. The van der Waals surface area contributed by atoms with E-state index in [0.29, 0.717) is 19.3 Å². The van der Waals surface area contributed by atoms with Crippen LogP contribution in [0.4, 0.5) is 0 Å². The third-order valence-corrected chi connectivity index (χ3v) is 12.5. The first kappa shape index (κ1) is 71.6. The molecule has 0 heterocycles. The van der Waals surface area contributed by atoms with Gasteiger partial charge in [-0.3, -0.25) is 23.4 Å². The van der Waals surface area contributed by atoms with Gasteiger partial charge in [-0.15, -0.1) is 0 Å². The predicted molar refractivity (Wildman–Crippen MR) is 316 cm³/mol. The molecular weight excluding hydrogens is 976 g/mol. The third-order valence-electron chi connectivity index (χ3n) is 11.6. The molecule has 0 radical (unpaired) electrons. The summed E-state index contributed by atoms with van der Waals surface area (Å²) in [4.78, 5) is 48.5. The van der Waals surface area contributed by atoms with Crippen molar-refractivity contribution in [3.8, 4) is 0 Å². The second-order valence-electron chi connectivity index (χ2n) is 18.7. The number of carbonyl (C=O) groups is 3. The van der Waals surface area contributed by atoms with Crippen molar-refractivity contribution in [1.29, 1.82) is 0 Å². The Morgan fingerprint density at radius 3 is 1.16 bits per heavy atom. The number of hydrogen-bond donors (Lipinski definition) is 2. The molecule has 0 amide bonds. The van der Waals surface area contributed by atoms with E-state index in [2.05, 4.69) is 130 Å². The van der Waals surface area contributed by atoms with E-state index >= 15 is 0 Å². The van der Waals surface area contributed by atoms with E-state index < -0.39 is 57.8 Å². The number of aliphatic hydroxyl groups is 1. The Balaban J connectivity index is 4.88. The van der Waals surface area contributed by atoms with Gasteiger partial charge < -0.3 is 24.2 Å². The average molecular weight is 1080 g/mol. The monoisotopic (exact) mass is 1080 g/mol. The van der Waals surface area contributed by atoms with Crippen LogP contribution in [0.25, 0.3) is 0 Å². The van der Waals surface area contributed by atoms with Crippen molar-refractivity contribution < 1.29 is 52.2 Å². The largest absolute Gasteiger partial charge is 0.472 e. The number of unbranched alkanes of at least 4 members (excludes halogenated alkanes) is 14. The molecule has 11 nitrogen and oxygen atoms in total. The van der Waals surface area contributed by atoms with Crippen molar-refractivity contribution >= 4 is 25.7 Å². The Morgan fingerprint density at radius 1 is 0.395 bits per heavy atom. The lowest BCUT2D eigenvalue weighted by Gasteiger charge is -2.21. The fourth-order valence-corrected chi connectivity index (χ4v) is 8.00. The maximum Gasteiger partial charge on any atom is 0.472 e. The van der Waals surface area contributed by atoms with E-state index in [1.165, 1.54) is 38.5 Å². The molecule has 2 N–H and O–H groups in total. The second-order valence-corrected chi connectivity index (χ2v) is 20.2. The summed E-state index contributed by atoms with van der Waals surface area (Å²) in [5.41, 5.74) is 0. The minimum Gasteiger partial charge on any atom is -0.462 e. The van der Waals surface area contributed by atoms with E-state index in [-0.39, 0.29) is 25.9 Å². The highest BCUT2D eigenvalue weighted by atomic mass is 31.2. The predicted octanol–water partition coefficient (Wildman–Crippen LogP) is 17.4. The average Bonchev–Trinajstić information content (AvgIpc) is 3.41. The van der Waals surface area contributed by atoms with Gasteiger partial charge in [0.1, 0.15) is 12.7 Å². The van der Waals surface area contributed by atoms with Gasteiger partial charge in [0.05, 0.1) is 26.2 Å². The molecule has 0 saturated carbocycles. The van der Waals surface area contributed by atoms with Crippen molar-refractivity contribution in [3.63, 3.8) is 0 Å². The number of hydrogen-bond acceptors (Lipinski definition) is 10. The van der Waals surface area contributed by atoms with Crippen LogP contribution in [0.2, 0.25) is 0 Å². The number of phosphoric ester groups is 1. The summed E-state index contributed by atoms with van der Waals surface area (Å²) in [7, 11) is -4.79. The van der Waals surface area contributed by atoms with Crippen molar-refractivity contribution in [2.24, 2.45) is 0 Å². The number of aliphatic hydroxyl groups excluding tert-OH is 1. The van der Waals surface area contributed by atoms with E-state index in [1.54, 1.807) is 6.08 Å². The van der Waals surface area contributed by atoms with E-state index in [1.807, 2.05) is 18.2 Å². The fraction of sp³-hybridized carbons (Fsp3) is 0.609. The smallest absolute Gasteiger partial charge is 0.462 e. The number of rotatable bonds is 52. The SMILES string of the molecule is CC/C=C\C/C=C\C/C=C\C/C=C\C/C=C\CC(=O)OC(CO)COP(=O)(O)OCC(COC(=O)CCCCCCCCC/C=C\C/C=C\CCCCC)OC(=O)CCCCCC/C=C\C/C=C\C/C=C\C/C=C\CC. The quantitative estimate of drug-likeness (QED) is 0.0197. The van der Waals surface area contributed by atoms with E-state index in [0.717, 1.165) is 116 Å². The summed E-state index contributed by atoms with van der Waals surface area (Å²) >= 11 is 0. The molecule has 0 aliphatic rings. The Labute approximate surface area is 461 Å². The van der Waals surface area contributed by atoms with E-state index in [4.69, 9.17) is 23.3 Å². The standard InChI is InChI=1S/C64H103O11P/c1-4-7-10-13-16-19-22-25-28-30-33-35-38-41-44-47-50-53-62(66)71-57-61(75-64(68)55-52-49-46-43-40-37-34-31-29-26-23-20-17-14-11-8-5-2)59-73-76(69,70)72-58-60(56-65)74-63(67)54-51-48-45-42-39-36-32-27-24-21-18-15-12-9-6-3/h8-9,11-12,16-21,25-29,32,34,37,39,42,48,51,60-61,65H,4-7,10,13-15,22-24,30-31,33,35-36,38,40-41,43-47,49-50,52-59H2,1-3H3,(H,69,70)/b11-8-,12-9-,19-16-,20-17-,21-18-,28-25-,29-26-,32-27-,37-34-,42-39-,51-48-. The highest BCUT2D eigenvalue weighted by Gasteiger charge is 2.28. The molecular formula is C64H103O11P. The molecule has 76 heavy (non-hydrogen) atoms. The Hall–Kier alpha value is -4.38. The third kappa shape index (κ3) is 54.4. The van der Waals surface area contributed by atoms with Gasteiger partial charge in [0.25, 0.3) is 0 Å². The Morgan fingerprint density at radius 2 is 0.737 bits per heavy atom. The first-order chi connectivity index (χ1) is 37.2. The number of allylic oxidation sites excluding steroid dienone is 21. The summed E-state index contributed by atoms with van der Waals surface area (Å²) in [5, 5.41) is 9.80. The molecule has 0 aromatic heterocycles. The molecule has 12 heteroatoms. The summed E-state index contributed by atoms with van der Waals surface area (Å²) in [6.45, 7) is 4.23. The zero-order valence-electron chi connectivity index (χ0n) is 47.4. The molecule has 0 aliphatic heterocycles. The van der Waals surface area contributed by atoms with Gasteiger partial charge in [0.15, 0.2) is 6.10 Å². The van der Waals surface area contributed by atoms with Crippen LogP contribution >= 0.6 is 7.82 Å². The molecule has 0 bridgehead atoms. The first-order valence-electron chi connectivity index (χ1n) is 29.1. The molecule has 3 atom stereocenters. The van der Waals surface area contributed by atoms with Crippen LogP contribution in [0.5, 0.6) is 0 Å². The second kappa shape index (κ2) is 56.8. The van der Waals surface area contributed by atoms with Gasteiger partial charge in [-0.2, -0.15) is 0 Å². The molecule has 0 aromatic carbocycles. The molecule has 3 unspecified atom stereocenters. The van der Waals surface area contributed by atoms with E-state index in [9.17, 15) is 28.9 Å². The van der Waals surface area contributed by atoms with Gasteiger partial charge in [-0.25, -0.2) is 4.57 Å². The molecule has 0 aromatic rings. The van der Waals surface area contributed by atoms with Gasteiger partial charge >= 0.3 is 25.7 Å². The van der Waals surface area contributed by atoms with Gasteiger partial charge in [-0.1, -0.05) is 212 Å². The van der Waals surface area contributed by atoms with Crippen LogP contribution < -0.4 is 0 Å². The normalized spacial score (nSPS) is 14.3. The topological polar surface area (TPSA) is 155 Å². The zero-order chi connectivity index (χ0) is 55.5. The van der Waals surface area contributed by atoms with Gasteiger partial charge in [0, 0.05) is 12.8 Å². The minimum atomic E-state index is -4.79. The summed E-state index contributed by atoms with van der Waals surface area (Å²) < 4.78 is 39.4. The fourth-order valence-electron chi connectivity index (χ4n) is 7.22. The molecule has 0 fully saturated rings. The van der Waals surface area contributed by atoms with Crippen molar-refractivity contribution in [2.75, 3.05) is 26.4 Å². The van der Waals surface area contributed by atoms with Crippen molar-refractivity contribution in [1.82, 2.24) is 0 Å². The maximum absolute atomic E-state index is 12.9. The molecule has 0 spiro atoms. The zero-order valence-corrected chi connectivity index (χ0v) is 48.3. The van der Waals surface area contributed by atoms with Crippen LogP contribution in [0.1, 0.15) is 213 Å². The Bertz CT molecular complexity index is 1780. The molecule has 430 valence electrons. The van der Waals surface area contributed by atoms with Gasteiger partial charge in [0.2, 0.25) is 0 Å². The van der Waals surface area contributed by atoms with Crippen LogP contribution in [0.3, 0.4) is 0 Å². The van der Waals surface area contributed by atoms with Crippen LogP contribution in [0.15, 0.2) is 134 Å².